The molecule has 0 radical (unpaired) electrons. The monoisotopic (exact) mass is 405 g/mol. The smallest absolute Gasteiger partial charge is 0.336 e. The minimum Gasteiger partial charge on any atom is -0.443 e. The van der Waals surface area contributed by atoms with Crippen LogP contribution in [0.2, 0.25) is 5.02 Å². The maximum Gasteiger partial charge on any atom is 0.336 e. The molecule has 1 aliphatic heterocycles. The van der Waals surface area contributed by atoms with Gasteiger partial charge in [0.05, 0.1) is 10.6 Å². The second kappa shape index (κ2) is 7.35. The molecule has 3 heterocycles. The highest BCUT2D eigenvalue weighted by Crippen LogP contribution is 2.39. The van der Waals surface area contributed by atoms with E-state index in [4.69, 9.17) is 20.8 Å². The molecule has 0 fully saturated rings. The van der Waals surface area contributed by atoms with Crippen LogP contribution in [0.25, 0.3) is 22.1 Å². The maximum absolute atomic E-state index is 12.4. The van der Waals surface area contributed by atoms with Gasteiger partial charge >= 0.3 is 5.63 Å². The molecule has 0 saturated carbocycles. The van der Waals surface area contributed by atoms with E-state index >= 15 is 0 Å². The summed E-state index contributed by atoms with van der Waals surface area (Å²) >= 11 is 6.56. The van der Waals surface area contributed by atoms with E-state index in [1.165, 1.54) is 11.0 Å². The number of aromatic nitrogens is 1. The summed E-state index contributed by atoms with van der Waals surface area (Å²) in [5.74, 6) is 0.600. The number of hydrogen-bond acceptors (Lipinski definition) is 4. The average molecular weight is 406 g/mol. The normalized spacial score (nSPS) is 15.7. The lowest BCUT2D eigenvalue weighted by Gasteiger charge is -2.27. The van der Waals surface area contributed by atoms with E-state index < -0.39 is 0 Å². The highest BCUT2D eigenvalue weighted by atomic mass is 35.5. The third-order valence-corrected chi connectivity index (χ3v) is 5.43. The third-order valence-electron chi connectivity index (χ3n) is 5.14. The fourth-order valence-electron chi connectivity index (χ4n) is 3.86. The number of halogens is 1. The number of fused-ring (bicyclic) bond motifs is 3. The molecule has 29 heavy (non-hydrogen) atoms. The minimum absolute atomic E-state index is 0.389. The van der Waals surface area contributed by atoms with Crippen LogP contribution in [0.4, 0.5) is 0 Å². The zero-order valence-electron chi connectivity index (χ0n) is 15.5. The first-order valence-electron chi connectivity index (χ1n) is 9.39. The fraction of sp³-hybridized carbons (Fsp3) is 0.130. The van der Waals surface area contributed by atoms with Gasteiger partial charge in [-0.25, -0.2) is 4.79 Å². The Bertz CT molecular complexity index is 1240. The van der Waals surface area contributed by atoms with Crippen molar-refractivity contribution in [3.8, 4) is 16.9 Å². The van der Waals surface area contributed by atoms with E-state index in [1.807, 2.05) is 54.7 Å². The summed E-state index contributed by atoms with van der Waals surface area (Å²) < 4.78 is 11.6. The summed E-state index contributed by atoms with van der Waals surface area (Å²) in [6, 6.07) is 17.1. The van der Waals surface area contributed by atoms with Crippen molar-refractivity contribution in [3.63, 3.8) is 0 Å². The Kier molecular flexibility index (Phi) is 4.54. The van der Waals surface area contributed by atoms with Crippen LogP contribution in [-0.4, -0.2) is 11.7 Å². The van der Waals surface area contributed by atoms with E-state index in [1.54, 1.807) is 6.20 Å². The van der Waals surface area contributed by atoms with Gasteiger partial charge in [-0.3, -0.25) is 9.88 Å². The molecule has 0 saturated heterocycles. The predicted molar refractivity (Wildman–Crippen MR) is 111 cm³/mol. The summed E-state index contributed by atoms with van der Waals surface area (Å²) in [6.45, 7) is 1.88. The topological polar surface area (TPSA) is 56.8 Å². The Balaban J connectivity index is 1.63. The Morgan fingerprint density at radius 2 is 1.97 bits per heavy atom. The number of nitrogens with zero attached hydrogens (tertiary/aromatic N) is 1. The highest BCUT2D eigenvalue weighted by molar-refractivity contribution is 6.33. The second-order valence-corrected chi connectivity index (χ2v) is 7.55. The van der Waals surface area contributed by atoms with Crippen molar-refractivity contribution < 1.29 is 14.1 Å². The van der Waals surface area contributed by atoms with E-state index in [0.717, 1.165) is 34.2 Å². The van der Waals surface area contributed by atoms with Crippen LogP contribution in [-0.2, 0) is 13.1 Å². The van der Waals surface area contributed by atoms with Gasteiger partial charge < -0.3 is 9.15 Å². The van der Waals surface area contributed by atoms with E-state index in [-0.39, 0.29) is 5.63 Å². The molecule has 1 atom stereocenters. The van der Waals surface area contributed by atoms with Gasteiger partial charge in [-0.15, -0.1) is 0 Å². The van der Waals surface area contributed by atoms with Crippen molar-refractivity contribution >= 4 is 22.6 Å². The molecule has 2 aromatic carbocycles. The summed E-state index contributed by atoms with van der Waals surface area (Å²) in [4.78, 5) is 17.7. The van der Waals surface area contributed by atoms with Crippen LogP contribution in [0.5, 0.6) is 5.75 Å². The van der Waals surface area contributed by atoms with Crippen molar-refractivity contribution in [1.29, 1.82) is 0 Å². The highest BCUT2D eigenvalue weighted by Gasteiger charge is 2.28. The van der Waals surface area contributed by atoms with Crippen molar-refractivity contribution in [3.05, 3.63) is 93.6 Å². The molecular weight excluding hydrogens is 388 g/mol. The zero-order chi connectivity index (χ0) is 19.8. The quantitative estimate of drug-likeness (QED) is 0.530. The second-order valence-electron chi connectivity index (χ2n) is 7.14. The first-order valence-corrected chi connectivity index (χ1v) is 9.77. The standard InChI is InChI=1S/C23H17ClN2O3/c24-20-9-18-17(16-6-2-1-3-7-16)10-21(27)29-22(18)19-13-26(14-28-23(19)20)12-15-5-4-8-25-11-15/h1-11H,12-14H2/p+1. The van der Waals surface area contributed by atoms with Gasteiger partial charge in [0, 0.05) is 29.4 Å². The summed E-state index contributed by atoms with van der Waals surface area (Å²) in [6.07, 6.45) is 3.61. The Labute approximate surface area is 172 Å². The molecule has 0 bridgehead atoms. The molecule has 0 aliphatic carbocycles. The Morgan fingerprint density at radius 1 is 1.10 bits per heavy atom. The van der Waals surface area contributed by atoms with E-state index in [2.05, 4.69) is 4.98 Å². The lowest BCUT2D eigenvalue weighted by molar-refractivity contribution is -0.945. The minimum atomic E-state index is -0.389. The maximum atomic E-state index is 12.4. The van der Waals surface area contributed by atoms with Gasteiger partial charge in [0.25, 0.3) is 0 Å². The van der Waals surface area contributed by atoms with Crippen molar-refractivity contribution in [2.75, 3.05) is 6.73 Å². The number of ether oxygens (including phenoxy) is 1. The fourth-order valence-corrected chi connectivity index (χ4v) is 4.14. The van der Waals surface area contributed by atoms with Crippen LogP contribution in [0.3, 0.4) is 0 Å². The number of quaternary nitrogens is 1. The van der Waals surface area contributed by atoms with Gasteiger partial charge in [0.15, 0.2) is 11.3 Å². The first kappa shape index (κ1) is 17.9. The first-order chi connectivity index (χ1) is 14.2. The molecule has 0 spiro atoms. The molecule has 0 amide bonds. The van der Waals surface area contributed by atoms with E-state index in [0.29, 0.717) is 29.6 Å². The molecule has 1 aliphatic rings. The number of rotatable bonds is 3. The van der Waals surface area contributed by atoms with Crippen molar-refractivity contribution in [2.45, 2.75) is 13.1 Å². The summed E-state index contributed by atoms with van der Waals surface area (Å²) in [5.41, 5.74) is 3.85. The largest absolute Gasteiger partial charge is 0.443 e. The SMILES string of the molecule is O=c1cc(-c2ccccc2)c2cc(Cl)c3c(c2o1)C[NH+](Cc1cccnc1)CO3. The Hall–Kier alpha value is -3.15. The molecule has 5 nitrogen and oxygen atoms in total. The van der Waals surface area contributed by atoms with Crippen LogP contribution in [0.15, 0.2) is 76.2 Å². The number of pyridine rings is 1. The van der Waals surface area contributed by atoms with Crippen LogP contribution >= 0.6 is 11.6 Å². The van der Waals surface area contributed by atoms with Gasteiger partial charge in [-0.1, -0.05) is 48.0 Å². The number of benzene rings is 2. The molecule has 1 N–H and O–H groups in total. The molecular formula is C23H18ClN2O3+. The predicted octanol–water partition coefficient (Wildman–Crippen LogP) is 3.44. The number of hydrogen-bond donors (Lipinski definition) is 1. The summed E-state index contributed by atoms with van der Waals surface area (Å²) in [7, 11) is 0. The molecule has 1 unspecified atom stereocenters. The average Bonchev–Trinajstić information content (AvgIpc) is 2.75. The van der Waals surface area contributed by atoms with Crippen LogP contribution < -0.4 is 15.3 Å². The number of nitrogens with one attached hydrogen (secondary N) is 1. The lowest BCUT2D eigenvalue weighted by Crippen LogP contribution is -3.10. The van der Waals surface area contributed by atoms with Crippen molar-refractivity contribution in [1.82, 2.24) is 4.98 Å². The lowest BCUT2D eigenvalue weighted by atomic mass is 9.99. The molecule has 5 rings (SSSR count). The van der Waals surface area contributed by atoms with Crippen LogP contribution in [0.1, 0.15) is 11.1 Å². The molecule has 6 heteroatoms. The molecule has 144 valence electrons. The third kappa shape index (κ3) is 3.39. The van der Waals surface area contributed by atoms with Crippen molar-refractivity contribution in [2.24, 2.45) is 0 Å². The van der Waals surface area contributed by atoms with E-state index in [9.17, 15) is 4.79 Å². The van der Waals surface area contributed by atoms with Gasteiger partial charge in [-0.05, 0) is 23.3 Å². The zero-order valence-corrected chi connectivity index (χ0v) is 16.3. The molecule has 2 aromatic heterocycles. The summed E-state index contributed by atoms with van der Waals surface area (Å²) in [5, 5.41) is 1.34. The van der Waals surface area contributed by atoms with Gasteiger partial charge in [0.1, 0.15) is 13.1 Å². The molecule has 4 aromatic rings. The Morgan fingerprint density at radius 3 is 2.76 bits per heavy atom. The van der Waals surface area contributed by atoms with Gasteiger partial charge in [0.2, 0.25) is 6.73 Å². The van der Waals surface area contributed by atoms with Gasteiger partial charge in [-0.2, -0.15) is 0 Å². The van der Waals surface area contributed by atoms with Crippen LogP contribution in [0, 0.1) is 0 Å².